The number of aromatic hydroxyl groups is 1. The summed E-state index contributed by atoms with van der Waals surface area (Å²) in [6, 6.07) is 10.8. The summed E-state index contributed by atoms with van der Waals surface area (Å²) in [4.78, 5) is 4.33. The van der Waals surface area contributed by atoms with Crippen molar-refractivity contribution < 1.29 is 14.6 Å². The second kappa shape index (κ2) is 8.24. The van der Waals surface area contributed by atoms with Crippen LogP contribution in [0.25, 0.3) is 0 Å². The summed E-state index contributed by atoms with van der Waals surface area (Å²) in [7, 11) is 1.68. The number of benzene rings is 1. The van der Waals surface area contributed by atoms with E-state index in [1.807, 2.05) is 24.3 Å². The maximum Gasteiger partial charge on any atom is 0.138 e. The fraction of sp³-hybridized carbons (Fsp3) is 0.312. The third-order valence-electron chi connectivity index (χ3n) is 2.93. The highest BCUT2D eigenvalue weighted by atomic mass is 16.5. The zero-order chi connectivity index (χ0) is 14.9. The average Bonchev–Trinajstić information content (AvgIpc) is 2.52. The Bertz CT molecular complexity index is 526. The zero-order valence-corrected chi connectivity index (χ0v) is 12.1. The largest absolute Gasteiger partial charge is 0.508 e. The molecule has 0 aliphatic heterocycles. The standard InChI is InChI=1S/C16H20N2O3/c1-20-9-8-17-10-14-4-7-16(11-18-14)21-12-13-2-5-15(19)6-3-13/h2-7,11,17,19H,8-10,12H2,1H3. The van der Waals surface area contributed by atoms with Gasteiger partial charge in [0.05, 0.1) is 18.5 Å². The van der Waals surface area contributed by atoms with Crippen LogP contribution in [-0.2, 0) is 17.9 Å². The second-order valence-electron chi connectivity index (χ2n) is 4.61. The Hall–Kier alpha value is -2.11. The van der Waals surface area contributed by atoms with Gasteiger partial charge >= 0.3 is 0 Å². The van der Waals surface area contributed by atoms with Gasteiger partial charge in [0.25, 0.3) is 0 Å². The molecular formula is C16H20N2O3. The van der Waals surface area contributed by atoms with Crippen LogP contribution in [0, 0.1) is 0 Å². The van der Waals surface area contributed by atoms with Crippen molar-refractivity contribution in [1.29, 1.82) is 0 Å². The summed E-state index contributed by atoms with van der Waals surface area (Å²) in [5.74, 6) is 0.981. The van der Waals surface area contributed by atoms with Gasteiger partial charge in [-0.1, -0.05) is 12.1 Å². The number of nitrogens with one attached hydrogen (secondary N) is 1. The Morgan fingerprint density at radius 2 is 1.95 bits per heavy atom. The second-order valence-corrected chi connectivity index (χ2v) is 4.61. The molecule has 0 saturated carbocycles. The van der Waals surface area contributed by atoms with Crippen LogP contribution in [0.5, 0.6) is 11.5 Å². The van der Waals surface area contributed by atoms with Gasteiger partial charge in [-0.05, 0) is 29.8 Å². The van der Waals surface area contributed by atoms with Crippen LogP contribution in [0.4, 0.5) is 0 Å². The zero-order valence-electron chi connectivity index (χ0n) is 12.1. The maximum absolute atomic E-state index is 9.21. The molecule has 0 amide bonds. The molecule has 0 atom stereocenters. The lowest BCUT2D eigenvalue weighted by molar-refractivity contribution is 0.199. The number of hydrogen-bond donors (Lipinski definition) is 2. The van der Waals surface area contributed by atoms with Crippen LogP contribution in [0.15, 0.2) is 42.6 Å². The van der Waals surface area contributed by atoms with Crippen LogP contribution in [-0.4, -0.2) is 30.4 Å². The number of aromatic nitrogens is 1. The number of methoxy groups -OCH3 is 1. The van der Waals surface area contributed by atoms with Crippen molar-refractivity contribution in [1.82, 2.24) is 10.3 Å². The first-order valence-corrected chi connectivity index (χ1v) is 6.83. The Kier molecular flexibility index (Phi) is 5.99. The van der Waals surface area contributed by atoms with Gasteiger partial charge in [0.15, 0.2) is 0 Å². The summed E-state index contributed by atoms with van der Waals surface area (Å²) in [5, 5.41) is 12.4. The fourth-order valence-corrected chi connectivity index (χ4v) is 1.75. The fourth-order valence-electron chi connectivity index (χ4n) is 1.75. The van der Waals surface area contributed by atoms with Gasteiger partial charge in [-0.2, -0.15) is 0 Å². The predicted octanol–water partition coefficient (Wildman–Crippen LogP) is 2.10. The summed E-state index contributed by atoms with van der Waals surface area (Å²) >= 11 is 0. The molecule has 2 aromatic rings. The molecule has 0 aliphatic rings. The van der Waals surface area contributed by atoms with E-state index in [-0.39, 0.29) is 5.75 Å². The van der Waals surface area contributed by atoms with E-state index in [0.717, 1.165) is 23.6 Å². The van der Waals surface area contributed by atoms with Gasteiger partial charge in [-0.3, -0.25) is 4.98 Å². The molecule has 0 aliphatic carbocycles. The third kappa shape index (κ3) is 5.41. The Labute approximate surface area is 124 Å². The molecule has 2 N–H and O–H groups in total. The maximum atomic E-state index is 9.21. The highest BCUT2D eigenvalue weighted by Gasteiger charge is 1.99. The van der Waals surface area contributed by atoms with E-state index in [1.54, 1.807) is 25.4 Å². The van der Waals surface area contributed by atoms with Crippen molar-refractivity contribution in [2.45, 2.75) is 13.2 Å². The van der Waals surface area contributed by atoms with E-state index in [4.69, 9.17) is 9.47 Å². The van der Waals surface area contributed by atoms with Crippen LogP contribution < -0.4 is 10.1 Å². The molecule has 5 heteroatoms. The van der Waals surface area contributed by atoms with Crippen LogP contribution in [0.1, 0.15) is 11.3 Å². The first-order valence-electron chi connectivity index (χ1n) is 6.83. The van der Waals surface area contributed by atoms with Gasteiger partial charge in [0, 0.05) is 20.2 Å². The number of phenols is 1. The van der Waals surface area contributed by atoms with Gasteiger partial charge in [0.2, 0.25) is 0 Å². The van der Waals surface area contributed by atoms with Crippen molar-refractivity contribution >= 4 is 0 Å². The van der Waals surface area contributed by atoms with E-state index >= 15 is 0 Å². The van der Waals surface area contributed by atoms with E-state index in [0.29, 0.717) is 19.8 Å². The molecule has 0 unspecified atom stereocenters. The smallest absolute Gasteiger partial charge is 0.138 e. The van der Waals surface area contributed by atoms with Gasteiger partial charge in [0.1, 0.15) is 18.1 Å². The van der Waals surface area contributed by atoms with Crippen LogP contribution in [0.3, 0.4) is 0 Å². The topological polar surface area (TPSA) is 63.6 Å². The van der Waals surface area contributed by atoms with Gasteiger partial charge in [-0.15, -0.1) is 0 Å². The van der Waals surface area contributed by atoms with Crippen molar-refractivity contribution in [2.24, 2.45) is 0 Å². The molecule has 112 valence electrons. The minimum Gasteiger partial charge on any atom is -0.508 e. The molecular weight excluding hydrogens is 268 g/mol. The normalized spacial score (nSPS) is 10.5. The average molecular weight is 288 g/mol. The molecule has 2 rings (SSSR count). The number of hydrogen-bond acceptors (Lipinski definition) is 5. The van der Waals surface area contributed by atoms with Crippen molar-refractivity contribution in [2.75, 3.05) is 20.3 Å². The number of pyridine rings is 1. The highest BCUT2D eigenvalue weighted by molar-refractivity contribution is 5.26. The molecule has 1 aromatic carbocycles. The summed E-state index contributed by atoms with van der Waals surface area (Å²) in [6.45, 7) is 2.65. The van der Waals surface area contributed by atoms with Crippen LogP contribution >= 0.6 is 0 Å². The SMILES string of the molecule is COCCNCc1ccc(OCc2ccc(O)cc2)cn1. The van der Waals surface area contributed by atoms with Gasteiger partial charge < -0.3 is 19.9 Å². The Morgan fingerprint density at radius 1 is 1.14 bits per heavy atom. The quantitative estimate of drug-likeness (QED) is 0.728. The summed E-state index contributed by atoms with van der Waals surface area (Å²) in [6.07, 6.45) is 1.72. The minimum atomic E-state index is 0.255. The van der Waals surface area contributed by atoms with E-state index in [9.17, 15) is 5.11 Å². The summed E-state index contributed by atoms with van der Waals surface area (Å²) < 4.78 is 10.6. The lowest BCUT2D eigenvalue weighted by Gasteiger charge is -2.07. The number of ether oxygens (including phenoxy) is 2. The van der Waals surface area contributed by atoms with E-state index < -0.39 is 0 Å². The first kappa shape index (κ1) is 15.3. The van der Waals surface area contributed by atoms with Gasteiger partial charge in [-0.25, -0.2) is 0 Å². The molecule has 5 nitrogen and oxygen atoms in total. The van der Waals surface area contributed by atoms with Crippen molar-refractivity contribution in [3.63, 3.8) is 0 Å². The minimum absolute atomic E-state index is 0.255. The highest BCUT2D eigenvalue weighted by Crippen LogP contribution is 2.14. The lowest BCUT2D eigenvalue weighted by atomic mass is 10.2. The van der Waals surface area contributed by atoms with E-state index in [1.165, 1.54) is 0 Å². The lowest BCUT2D eigenvalue weighted by Crippen LogP contribution is -2.19. The molecule has 21 heavy (non-hydrogen) atoms. The van der Waals surface area contributed by atoms with Crippen molar-refractivity contribution in [3.8, 4) is 11.5 Å². The Morgan fingerprint density at radius 3 is 2.62 bits per heavy atom. The monoisotopic (exact) mass is 288 g/mol. The third-order valence-corrected chi connectivity index (χ3v) is 2.93. The van der Waals surface area contributed by atoms with Crippen molar-refractivity contribution in [3.05, 3.63) is 53.9 Å². The first-order chi connectivity index (χ1) is 10.3. The molecule has 0 spiro atoms. The van der Waals surface area contributed by atoms with E-state index in [2.05, 4.69) is 10.3 Å². The molecule has 1 aromatic heterocycles. The number of phenolic OH excluding ortho intramolecular Hbond substituents is 1. The van der Waals surface area contributed by atoms with Crippen LogP contribution in [0.2, 0.25) is 0 Å². The molecule has 1 heterocycles. The molecule has 0 bridgehead atoms. The molecule has 0 fully saturated rings. The Balaban J connectivity index is 1.78. The number of nitrogens with zero attached hydrogens (tertiary/aromatic N) is 1. The number of rotatable bonds is 8. The predicted molar refractivity (Wildman–Crippen MR) is 80.3 cm³/mol. The molecule has 0 radical (unpaired) electrons. The summed E-state index contributed by atoms with van der Waals surface area (Å²) in [5.41, 5.74) is 1.96. The molecule has 0 saturated heterocycles.